The summed E-state index contributed by atoms with van der Waals surface area (Å²) in [4.78, 5) is 27.6. The summed E-state index contributed by atoms with van der Waals surface area (Å²) in [6.45, 7) is 2.21. The molecule has 0 aromatic heterocycles. The SMILES string of the molecule is COc1ccc(CN(C(=O)COc2ccccc2Cl)[C@H](C)C(=O)NCCc2ccccc2)cc1. The quantitative estimate of drug-likeness (QED) is 0.438. The van der Waals surface area contributed by atoms with Crippen LogP contribution in [-0.2, 0) is 22.6 Å². The van der Waals surface area contributed by atoms with Gasteiger partial charge in [0.15, 0.2) is 6.61 Å². The number of halogens is 1. The molecule has 3 aromatic rings. The molecule has 0 radical (unpaired) electrons. The molecule has 0 saturated carbocycles. The largest absolute Gasteiger partial charge is 0.497 e. The van der Waals surface area contributed by atoms with Crippen molar-refractivity contribution in [1.82, 2.24) is 10.2 Å². The Bertz CT molecular complexity index is 1070. The van der Waals surface area contributed by atoms with E-state index in [1.54, 1.807) is 38.3 Å². The lowest BCUT2D eigenvalue weighted by Crippen LogP contribution is -2.49. The average molecular weight is 481 g/mol. The molecule has 0 spiro atoms. The zero-order valence-electron chi connectivity index (χ0n) is 19.4. The third-order valence-corrected chi connectivity index (χ3v) is 5.74. The van der Waals surface area contributed by atoms with E-state index in [0.717, 1.165) is 16.9 Å². The molecule has 0 aliphatic carbocycles. The van der Waals surface area contributed by atoms with Crippen LogP contribution >= 0.6 is 11.6 Å². The number of carbonyl (C=O) groups is 2. The molecule has 3 aromatic carbocycles. The maximum atomic E-state index is 13.1. The standard InChI is InChI=1S/C27H29ClN2O4/c1-20(27(32)29-17-16-21-8-4-3-5-9-21)30(18-22-12-14-23(33-2)15-13-22)26(31)19-34-25-11-7-6-10-24(25)28/h3-15,20H,16-19H2,1-2H3,(H,29,32)/t20-/m1/s1. The first-order valence-electron chi connectivity index (χ1n) is 11.1. The highest BCUT2D eigenvalue weighted by atomic mass is 35.5. The topological polar surface area (TPSA) is 67.9 Å². The van der Waals surface area contributed by atoms with Crippen molar-refractivity contribution in [3.8, 4) is 11.5 Å². The predicted octanol–water partition coefficient (Wildman–Crippen LogP) is 4.50. The predicted molar refractivity (Wildman–Crippen MR) is 133 cm³/mol. The first-order valence-corrected chi connectivity index (χ1v) is 11.5. The van der Waals surface area contributed by atoms with Crippen LogP contribution in [-0.4, -0.2) is 43.0 Å². The number of ether oxygens (including phenoxy) is 2. The van der Waals surface area contributed by atoms with E-state index >= 15 is 0 Å². The lowest BCUT2D eigenvalue weighted by molar-refractivity contribution is -0.142. The Morgan fingerprint density at radius 1 is 0.941 bits per heavy atom. The van der Waals surface area contributed by atoms with Crippen molar-refractivity contribution in [2.24, 2.45) is 0 Å². The van der Waals surface area contributed by atoms with E-state index in [1.807, 2.05) is 54.6 Å². The zero-order chi connectivity index (χ0) is 24.3. The fraction of sp³-hybridized carbons (Fsp3) is 0.259. The van der Waals surface area contributed by atoms with Crippen LogP contribution in [0.2, 0.25) is 5.02 Å². The fourth-order valence-corrected chi connectivity index (χ4v) is 3.61. The normalized spacial score (nSPS) is 11.4. The zero-order valence-corrected chi connectivity index (χ0v) is 20.1. The van der Waals surface area contributed by atoms with Crippen LogP contribution in [0.4, 0.5) is 0 Å². The van der Waals surface area contributed by atoms with Gasteiger partial charge in [0.05, 0.1) is 12.1 Å². The molecule has 0 aliphatic rings. The fourth-order valence-electron chi connectivity index (χ4n) is 3.42. The van der Waals surface area contributed by atoms with Crippen molar-refractivity contribution in [2.75, 3.05) is 20.3 Å². The van der Waals surface area contributed by atoms with Crippen molar-refractivity contribution in [1.29, 1.82) is 0 Å². The summed E-state index contributed by atoms with van der Waals surface area (Å²) in [7, 11) is 1.60. The summed E-state index contributed by atoms with van der Waals surface area (Å²) < 4.78 is 10.9. The Hall–Kier alpha value is -3.51. The Kier molecular flexibility index (Phi) is 9.35. The molecule has 0 saturated heterocycles. The monoisotopic (exact) mass is 480 g/mol. The van der Waals surface area contributed by atoms with Crippen molar-refractivity contribution < 1.29 is 19.1 Å². The van der Waals surface area contributed by atoms with E-state index in [2.05, 4.69) is 5.32 Å². The summed E-state index contributed by atoms with van der Waals surface area (Å²) in [5.74, 6) is 0.592. The highest BCUT2D eigenvalue weighted by Crippen LogP contribution is 2.23. The van der Waals surface area contributed by atoms with Gasteiger partial charge in [-0.25, -0.2) is 0 Å². The second-order valence-electron chi connectivity index (χ2n) is 7.79. The number of amides is 2. The number of hydrogen-bond donors (Lipinski definition) is 1. The molecule has 1 atom stereocenters. The number of nitrogens with zero attached hydrogens (tertiary/aromatic N) is 1. The Morgan fingerprint density at radius 3 is 2.29 bits per heavy atom. The molecular formula is C27H29ClN2O4. The third-order valence-electron chi connectivity index (χ3n) is 5.42. The first-order chi connectivity index (χ1) is 16.5. The number of hydrogen-bond acceptors (Lipinski definition) is 4. The van der Waals surface area contributed by atoms with Crippen LogP contribution in [0.15, 0.2) is 78.9 Å². The first kappa shape index (κ1) is 25.1. The van der Waals surface area contributed by atoms with Crippen molar-refractivity contribution in [3.63, 3.8) is 0 Å². The van der Waals surface area contributed by atoms with E-state index in [0.29, 0.717) is 23.7 Å². The lowest BCUT2D eigenvalue weighted by atomic mass is 10.1. The maximum Gasteiger partial charge on any atom is 0.261 e. The van der Waals surface area contributed by atoms with Gasteiger partial charge in [0, 0.05) is 13.1 Å². The number of methoxy groups -OCH3 is 1. The Balaban J connectivity index is 1.67. The molecule has 2 amide bonds. The molecular weight excluding hydrogens is 452 g/mol. The summed E-state index contributed by atoms with van der Waals surface area (Å²) in [5, 5.41) is 3.36. The van der Waals surface area contributed by atoms with Gasteiger partial charge in [-0.05, 0) is 48.7 Å². The average Bonchev–Trinajstić information content (AvgIpc) is 2.87. The minimum atomic E-state index is -0.694. The molecule has 0 fully saturated rings. The Labute approximate surface area is 205 Å². The number of para-hydroxylation sites is 1. The van der Waals surface area contributed by atoms with Crippen molar-refractivity contribution in [3.05, 3.63) is 95.0 Å². The van der Waals surface area contributed by atoms with Gasteiger partial charge < -0.3 is 19.7 Å². The number of rotatable bonds is 11. The molecule has 0 aliphatic heterocycles. The summed E-state index contributed by atoms with van der Waals surface area (Å²) in [6.07, 6.45) is 0.710. The van der Waals surface area contributed by atoms with E-state index in [-0.39, 0.29) is 25.0 Å². The smallest absolute Gasteiger partial charge is 0.261 e. The number of nitrogens with one attached hydrogen (secondary N) is 1. The van der Waals surface area contributed by atoms with Gasteiger partial charge in [-0.1, -0.05) is 66.2 Å². The second-order valence-corrected chi connectivity index (χ2v) is 8.20. The van der Waals surface area contributed by atoms with E-state index in [9.17, 15) is 9.59 Å². The number of benzene rings is 3. The van der Waals surface area contributed by atoms with Crippen molar-refractivity contribution in [2.45, 2.75) is 25.9 Å². The van der Waals surface area contributed by atoms with Gasteiger partial charge in [0.2, 0.25) is 5.91 Å². The minimum Gasteiger partial charge on any atom is -0.497 e. The Morgan fingerprint density at radius 2 is 1.62 bits per heavy atom. The maximum absolute atomic E-state index is 13.1. The molecule has 0 bridgehead atoms. The van der Waals surface area contributed by atoms with Crippen LogP contribution in [0.3, 0.4) is 0 Å². The number of carbonyl (C=O) groups excluding carboxylic acids is 2. The molecule has 1 N–H and O–H groups in total. The highest BCUT2D eigenvalue weighted by molar-refractivity contribution is 6.32. The minimum absolute atomic E-state index is 0.226. The van der Waals surface area contributed by atoms with Crippen LogP contribution in [0.25, 0.3) is 0 Å². The van der Waals surface area contributed by atoms with E-state index in [4.69, 9.17) is 21.1 Å². The molecule has 0 unspecified atom stereocenters. The molecule has 178 valence electrons. The molecule has 7 heteroatoms. The van der Waals surface area contributed by atoms with Crippen LogP contribution in [0, 0.1) is 0 Å². The van der Waals surface area contributed by atoms with Gasteiger partial charge in [-0.15, -0.1) is 0 Å². The van der Waals surface area contributed by atoms with Gasteiger partial charge >= 0.3 is 0 Å². The highest BCUT2D eigenvalue weighted by Gasteiger charge is 2.26. The summed E-state index contributed by atoms with van der Waals surface area (Å²) in [6, 6.07) is 23.6. The molecule has 0 heterocycles. The van der Waals surface area contributed by atoms with E-state index < -0.39 is 6.04 Å². The van der Waals surface area contributed by atoms with Gasteiger partial charge in [-0.3, -0.25) is 9.59 Å². The van der Waals surface area contributed by atoms with Gasteiger partial charge in [0.25, 0.3) is 5.91 Å². The second kappa shape index (κ2) is 12.7. The van der Waals surface area contributed by atoms with Crippen LogP contribution in [0.5, 0.6) is 11.5 Å². The van der Waals surface area contributed by atoms with Crippen LogP contribution < -0.4 is 14.8 Å². The lowest BCUT2D eigenvalue weighted by Gasteiger charge is -2.29. The summed E-state index contributed by atoms with van der Waals surface area (Å²) in [5.41, 5.74) is 2.01. The van der Waals surface area contributed by atoms with Crippen molar-refractivity contribution >= 4 is 23.4 Å². The van der Waals surface area contributed by atoms with Gasteiger partial charge in [-0.2, -0.15) is 0 Å². The summed E-state index contributed by atoms with van der Waals surface area (Å²) >= 11 is 6.14. The molecule has 34 heavy (non-hydrogen) atoms. The third kappa shape index (κ3) is 7.25. The van der Waals surface area contributed by atoms with Crippen LogP contribution in [0.1, 0.15) is 18.1 Å². The van der Waals surface area contributed by atoms with E-state index in [1.165, 1.54) is 4.90 Å². The molecule has 6 nitrogen and oxygen atoms in total. The molecule has 3 rings (SSSR count). The van der Waals surface area contributed by atoms with Gasteiger partial charge in [0.1, 0.15) is 17.5 Å².